The third-order valence-corrected chi connectivity index (χ3v) is 6.65. The summed E-state index contributed by atoms with van der Waals surface area (Å²) in [6.45, 7) is 9.32. The largest absolute Gasteiger partial charge is 0.494 e. The van der Waals surface area contributed by atoms with Crippen LogP contribution in [0.25, 0.3) is 5.57 Å². The van der Waals surface area contributed by atoms with Crippen molar-refractivity contribution < 1.29 is 23.4 Å². The van der Waals surface area contributed by atoms with Crippen molar-refractivity contribution in [2.24, 2.45) is 11.7 Å². The summed E-state index contributed by atoms with van der Waals surface area (Å²) in [5.41, 5.74) is 6.17. The van der Waals surface area contributed by atoms with E-state index in [1.165, 1.54) is 27.3 Å². The van der Waals surface area contributed by atoms with Gasteiger partial charge in [0.2, 0.25) is 17.8 Å². The van der Waals surface area contributed by atoms with E-state index in [9.17, 15) is 18.7 Å². The Morgan fingerprint density at radius 3 is 2.32 bits per heavy atom. The van der Waals surface area contributed by atoms with Crippen molar-refractivity contribution in [3.8, 4) is 5.75 Å². The molecule has 0 aliphatic carbocycles. The van der Waals surface area contributed by atoms with Gasteiger partial charge in [-0.15, -0.1) is 0 Å². The molecule has 1 saturated heterocycles. The fourth-order valence-corrected chi connectivity index (χ4v) is 4.68. The molecule has 0 bridgehead atoms. The molecule has 5 N–H and O–H groups in total. The number of carbonyl (C=O) groups is 1. The summed E-state index contributed by atoms with van der Waals surface area (Å²) in [4.78, 5) is 28.9. The second kappa shape index (κ2) is 11.6. The Bertz CT molecular complexity index is 1470. The minimum absolute atomic E-state index is 0.00359. The molecule has 1 aliphatic heterocycles. The van der Waals surface area contributed by atoms with E-state index in [1.54, 1.807) is 12.1 Å². The standard InChI is InChI=1S/C28H34F2N8O3/c1-15(25(31)39)17-7-22(24(41-6)10-23(17)38-12-16(13-38)11-37(4)5)35-27-33-14-32-26(36-27)34-21-9-20(30)19(29)8-18(21)28(2,3)40/h7-10,14,16,40H,1,11-13H2,2-6H3,(H2,31,39)(H2,32,33,34,35,36). The fraction of sp³-hybridized carbons (Fsp3) is 0.357. The van der Waals surface area contributed by atoms with Gasteiger partial charge in [-0.05, 0) is 40.1 Å². The van der Waals surface area contributed by atoms with Crippen LogP contribution in [0.1, 0.15) is 25.0 Å². The molecule has 11 nitrogen and oxygen atoms in total. The Morgan fingerprint density at radius 1 is 1.15 bits per heavy atom. The monoisotopic (exact) mass is 568 g/mol. The van der Waals surface area contributed by atoms with E-state index in [-0.39, 0.29) is 28.7 Å². The number of anilines is 5. The summed E-state index contributed by atoms with van der Waals surface area (Å²) in [5.74, 6) is -1.83. The maximum atomic E-state index is 14.0. The number of aliphatic hydroxyl groups is 1. The van der Waals surface area contributed by atoms with Crippen molar-refractivity contribution in [1.29, 1.82) is 0 Å². The molecule has 4 rings (SSSR count). The van der Waals surface area contributed by atoms with E-state index in [1.807, 2.05) is 14.1 Å². The van der Waals surface area contributed by atoms with Gasteiger partial charge in [0.1, 0.15) is 12.1 Å². The number of nitrogens with one attached hydrogen (secondary N) is 2. The number of ether oxygens (including phenoxy) is 1. The van der Waals surface area contributed by atoms with Gasteiger partial charge in [-0.1, -0.05) is 6.58 Å². The lowest BCUT2D eigenvalue weighted by Crippen LogP contribution is -2.51. The van der Waals surface area contributed by atoms with E-state index in [0.29, 0.717) is 22.9 Å². The Balaban J connectivity index is 1.65. The Kier molecular flexibility index (Phi) is 8.40. The van der Waals surface area contributed by atoms with Gasteiger partial charge in [0.25, 0.3) is 0 Å². The van der Waals surface area contributed by atoms with Crippen molar-refractivity contribution in [2.75, 3.05) is 56.4 Å². The smallest absolute Gasteiger partial charge is 0.248 e. The molecule has 2 aromatic carbocycles. The molecule has 1 aromatic heterocycles. The third kappa shape index (κ3) is 6.69. The normalized spacial score (nSPS) is 13.6. The summed E-state index contributed by atoms with van der Waals surface area (Å²) >= 11 is 0. The van der Waals surface area contributed by atoms with E-state index < -0.39 is 23.1 Å². The van der Waals surface area contributed by atoms with Crippen molar-refractivity contribution in [3.63, 3.8) is 0 Å². The molecule has 2 heterocycles. The van der Waals surface area contributed by atoms with Gasteiger partial charge in [-0.3, -0.25) is 4.79 Å². The SMILES string of the molecule is C=C(C(N)=O)c1cc(Nc2ncnc(Nc3cc(F)c(F)cc3C(C)(C)O)n2)c(OC)cc1N1CC(CN(C)C)C1. The molecular formula is C28H34F2N8O3. The quantitative estimate of drug-likeness (QED) is 0.254. The molecule has 0 radical (unpaired) electrons. The van der Waals surface area contributed by atoms with Crippen LogP contribution >= 0.6 is 0 Å². The number of methoxy groups -OCH3 is 1. The molecule has 0 unspecified atom stereocenters. The van der Waals surface area contributed by atoms with Gasteiger partial charge < -0.3 is 36.0 Å². The third-order valence-electron chi connectivity index (χ3n) is 6.65. The van der Waals surface area contributed by atoms with Crippen LogP contribution in [0.15, 0.2) is 37.2 Å². The summed E-state index contributed by atoms with van der Waals surface area (Å²) < 4.78 is 33.6. The van der Waals surface area contributed by atoms with Crippen LogP contribution in [0.4, 0.5) is 37.7 Å². The minimum atomic E-state index is -1.48. The van der Waals surface area contributed by atoms with Crippen molar-refractivity contribution in [2.45, 2.75) is 19.4 Å². The molecule has 218 valence electrons. The van der Waals surface area contributed by atoms with Gasteiger partial charge in [0.15, 0.2) is 11.6 Å². The lowest BCUT2D eigenvalue weighted by Gasteiger charge is -2.43. The molecule has 1 aliphatic rings. The maximum Gasteiger partial charge on any atom is 0.248 e. The molecule has 41 heavy (non-hydrogen) atoms. The second-order valence-corrected chi connectivity index (χ2v) is 10.7. The molecular weight excluding hydrogens is 534 g/mol. The van der Waals surface area contributed by atoms with Crippen LogP contribution in [-0.4, -0.2) is 71.7 Å². The number of rotatable bonds is 11. The highest BCUT2D eigenvalue weighted by atomic mass is 19.2. The number of halogens is 2. The Labute approximate surface area is 237 Å². The van der Waals surface area contributed by atoms with Crippen molar-refractivity contribution >= 4 is 40.4 Å². The van der Waals surface area contributed by atoms with Gasteiger partial charge in [0.05, 0.1) is 24.1 Å². The predicted molar refractivity (Wildman–Crippen MR) is 153 cm³/mol. The molecule has 13 heteroatoms. The number of nitrogens with two attached hydrogens (primary N) is 1. The Hall–Kier alpha value is -4.36. The molecule has 0 atom stereocenters. The summed E-state index contributed by atoms with van der Waals surface area (Å²) in [6.07, 6.45) is 1.22. The molecule has 0 saturated carbocycles. The average Bonchev–Trinajstić information content (AvgIpc) is 2.87. The number of nitrogens with zero attached hydrogens (tertiary/aromatic N) is 5. The van der Waals surface area contributed by atoms with Crippen LogP contribution < -0.4 is 26.0 Å². The van der Waals surface area contributed by atoms with E-state index >= 15 is 0 Å². The lowest BCUT2D eigenvalue weighted by molar-refractivity contribution is -0.112. The van der Waals surface area contributed by atoms with Crippen molar-refractivity contribution in [3.05, 3.63) is 59.9 Å². The molecule has 1 fully saturated rings. The lowest BCUT2D eigenvalue weighted by atomic mass is 9.94. The predicted octanol–water partition coefficient (Wildman–Crippen LogP) is 3.37. The first-order valence-electron chi connectivity index (χ1n) is 12.8. The maximum absolute atomic E-state index is 14.0. The first-order valence-corrected chi connectivity index (χ1v) is 12.8. The number of carbonyl (C=O) groups excluding carboxylic acids is 1. The molecule has 0 spiro atoms. The van der Waals surface area contributed by atoms with Gasteiger partial charge in [-0.2, -0.15) is 4.98 Å². The first-order chi connectivity index (χ1) is 19.3. The minimum Gasteiger partial charge on any atom is -0.494 e. The summed E-state index contributed by atoms with van der Waals surface area (Å²) in [7, 11) is 5.57. The van der Waals surface area contributed by atoms with Crippen LogP contribution in [0.5, 0.6) is 5.75 Å². The second-order valence-electron chi connectivity index (χ2n) is 10.7. The highest BCUT2D eigenvalue weighted by Gasteiger charge is 2.31. The molecule has 1 amide bonds. The Morgan fingerprint density at radius 2 is 1.76 bits per heavy atom. The molecule has 3 aromatic rings. The first kappa shape index (κ1) is 29.6. The van der Waals surface area contributed by atoms with E-state index in [4.69, 9.17) is 10.5 Å². The van der Waals surface area contributed by atoms with Crippen LogP contribution in [0.3, 0.4) is 0 Å². The van der Waals surface area contributed by atoms with Gasteiger partial charge in [-0.25, -0.2) is 18.7 Å². The number of hydrogen-bond donors (Lipinski definition) is 4. The van der Waals surface area contributed by atoms with Crippen LogP contribution in [0.2, 0.25) is 0 Å². The van der Waals surface area contributed by atoms with Crippen molar-refractivity contribution in [1.82, 2.24) is 19.9 Å². The summed E-state index contributed by atoms with van der Waals surface area (Å²) in [5, 5.41) is 16.3. The zero-order chi connectivity index (χ0) is 30.1. The number of aromatic nitrogens is 3. The number of primary amides is 1. The average molecular weight is 569 g/mol. The van der Waals surface area contributed by atoms with E-state index in [2.05, 4.69) is 42.0 Å². The topological polar surface area (TPSA) is 142 Å². The van der Waals surface area contributed by atoms with Crippen LogP contribution in [-0.2, 0) is 10.4 Å². The number of benzene rings is 2. The highest BCUT2D eigenvalue weighted by Crippen LogP contribution is 2.40. The van der Waals surface area contributed by atoms with Crippen LogP contribution in [0, 0.1) is 17.6 Å². The fourth-order valence-electron chi connectivity index (χ4n) is 4.68. The number of hydrogen-bond acceptors (Lipinski definition) is 10. The zero-order valence-corrected chi connectivity index (χ0v) is 23.6. The highest BCUT2D eigenvalue weighted by molar-refractivity contribution is 6.19. The van der Waals surface area contributed by atoms with E-state index in [0.717, 1.165) is 37.5 Å². The zero-order valence-electron chi connectivity index (χ0n) is 23.6. The van der Waals surface area contributed by atoms with Gasteiger partial charge >= 0.3 is 0 Å². The number of amides is 1. The summed E-state index contributed by atoms with van der Waals surface area (Å²) in [6, 6.07) is 5.33. The van der Waals surface area contributed by atoms with Gasteiger partial charge in [0, 0.05) is 60.1 Å².